The zero-order valence-corrected chi connectivity index (χ0v) is 11.8. The number of halogens is 1. The van der Waals surface area contributed by atoms with Gasteiger partial charge in [-0.1, -0.05) is 48.9 Å². The van der Waals surface area contributed by atoms with Crippen molar-refractivity contribution in [1.29, 1.82) is 0 Å². The lowest BCUT2D eigenvalue weighted by atomic mass is 9.93. The molecule has 2 aromatic carbocycles. The summed E-state index contributed by atoms with van der Waals surface area (Å²) in [5, 5.41) is 4.21. The summed E-state index contributed by atoms with van der Waals surface area (Å²) in [4.78, 5) is 0. The fourth-order valence-corrected chi connectivity index (χ4v) is 2.26. The van der Waals surface area contributed by atoms with E-state index < -0.39 is 0 Å². The highest BCUT2D eigenvalue weighted by molar-refractivity contribution is 6.30. The van der Waals surface area contributed by atoms with Crippen LogP contribution in [0, 0.1) is 0 Å². The Hall–Kier alpha value is -1.51. The Labute approximate surface area is 119 Å². The minimum absolute atomic E-state index is 0.198. The second-order valence-electron chi connectivity index (χ2n) is 4.69. The third-order valence-electron chi connectivity index (χ3n) is 3.38. The Kier molecular flexibility index (Phi) is 4.83. The molecule has 0 radical (unpaired) electrons. The van der Waals surface area contributed by atoms with Gasteiger partial charge in [0.15, 0.2) is 0 Å². The maximum Gasteiger partial charge on any atom is 0.0449 e. The second-order valence-corrected chi connectivity index (χ2v) is 5.13. The van der Waals surface area contributed by atoms with Crippen LogP contribution in [0.1, 0.15) is 18.4 Å². The van der Waals surface area contributed by atoms with Crippen LogP contribution in [-0.2, 0) is 0 Å². The molecule has 0 aliphatic rings. The first-order valence-electron chi connectivity index (χ1n) is 6.48. The maximum atomic E-state index is 5.90. The predicted molar refractivity (Wildman–Crippen MR) is 82.8 cm³/mol. The van der Waals surface area contributed by atoms with Crippen LogP contribution in [0.3, 0.4) is 0 Å². The van der Waals surface area contributed by atoms with Crippen LogP contribution >= 0.6 is 11.6 Å². The summed E-state index contributed by atoms with van der Waals surface area (Å²) < 4.78 is 0. The molecule has 100 valence electrons. The molecule has 2 unspecified atom stereocenters. The van der Waals surface area contributed by atoms with Crippen molar-refractivity contribution in [2.24, 2.45) is 5.73 Å². The van der Waals surface area contributed by atoms with Gasteiger partial charge in [-0.15, -0.1) is 0 Å². The zero-order valence-electron chi connectivity index (χ0n) is 11.0. The minimum atomic E-state index is 0.198. The van der Waals surface area contributed by atoms with Crippen LogP contribution in [0.15, 0.2) is 54.6 Å². The van der Waals surface area contributed by atoms with Crippen molar-refractivity contribution in [1.82, 2.24) is 0 Å². The monoisotopic (exact) mass is 274 g/mol. The number of nitrogens with two attached hydrogens (primary N) is 1. The van der Waals surface area contributed by atoms with Crippen molar-refractivity contribution in [3.05, 3.63) is 65.2 Å². The summed E-state index contributed by atoms with van der Waals surface area (Å²) in [6, 6.07) is 18.3. The smallest absolute Gasteiger partial charge is 0.0449 e. The highest BCUT2D eigenvalue weighted by Gasteiger charge is 2.17. The third kappa shape index (κ3) is 3.72. The van der Waals surface area contributed by atoms with E-state index in [2.05, 4.69) is 36.5 Å². The molecule has 0 amide bonds. The van der Waals surface area contributed by atoms with Crippen molar-refractivity contribution >= 4 is 17.3 Å². The summed E-state index contributed by atoms with van der Waals surface area (Å²) >= 11 is 5.89. The minimum Gasteiger partial charge on any atom is -0.380 e. The summed E-state index contributed by atoms with van der Waals surface area (Å²) in [7, 11) is 0. The predicted octanol–water partition coefficient (Wildman–Crippen LogP) is 3.88. The highest BCUT2D eigenvalue weighted by Crippen LogP contribution is 2.22. The van der Waals surface area contributed by atoms with E-state index in [-0.39, 0.29) is 6.04 Å². The highest BCUT2D eigenvalue weighted by atomic mass is 35.5. The van der Waals surface area contributed by atoms with Crippen LogP contribution in [0.2, 0.25) is 5.02 Å². The number of hydrogen-bond acceptors (Lipinski definition) is 2. The van der Waals surface area contributed by atoms with Crippen molar-refractivity contribution < 1.29 is 0 Å². The molecular weight excluding hydrogens is 256 g/mol. The lowest BCUT2D eigenvalue weighted by Gasteiger charge is -2.25. The molecule has 3 heteroatoms. The largest absolute Gasteiger partial charge is 0.380 e. The molecule has 0 saturated heterocycles. The van der Waals surface area contributed by atoms with E-state index in [4.69, 9.17) is 17.3 Å². The molecular formula is C16H19ClN2. The third-order valence-corrected chi connectivity index (χ3v) is 3.63. The maximum absolute atomic E-state index is 5.90. The van der Waals surface area contributed by atoms with Crippen molar-refractivity contribution in [2.45, 2.75) is 18.9 Å². The summed E-state index contributed by atoms with van der Waals surface area (Å²) in [5.41, 5.74) is 8.24. The normalized spacial score (nSPS) is 13.8. The summed E-state index contributed by atoms with van der Waals surface area (Å²) in [5.74, 6) is 0.349. The summed E-state index contributed by atoms with van der Waals surface area (Å²) in [6.45, 7) is 2.77. The quantitative estimate of drug-likeness (QED) is 0.868. The van der Waals surface area contributed by atoms with Crippen LogP contribution in [-0.4, -0.2) is 12.6 Å². The molecule has 0 spiro atoms. The molecule has 3 N–H and O–H groups in total. The standard InChI is InChI=1S/C16H19ClN2/c1-12(13-5-3-2-4-6-13)16(11-18)19-15-9-7-14(17)8-10-15/h2-10,12,16,19H,11,18H2,1H3. The van der Waals surface area contributed by atoms with Crippen molar-refractivity contribution in [3.8, 4) is 0 Å². The first-order chi connectivity index (χ1) is 9.20. The average Bonchev–Trinajstić information content (AvgIpc) is 2.47. The van der Waals surface area contributed by atoms with Crippen LogP contribution in [0.5, 0.6) is 0 Å². The van der Waals surface area contributed by atoms with Gasteiger partial charge in [0.25, 0.3) is 0 Å². The fourth-order valence-electron chi connectivity index (χ4n) is 2.14. The topological polar surface area (TPSA) is 38.0 Å². The van der Waals surface area contributed by atoms with E-state index >= 15 is 0 Å². The van der Waals surface area contributed by atoms with E-state index in [1.165, 1.54) is 5.56 Å². The molecule has 2 aromatic rings. The summed E-state index contributed by atoms with van der Waals surface area (Å²) in [6.07, 6.45) is 0. The molecule has 2 nitrogen and oxygen atoms in total. The first kappa shape index (κ1) is 13.9. The van der Waals surface area contributed by atoms with Crippen LogP contribution in [0.4, 0.5) is 5.69 Å². The van der Waals surface area contributed by atoms with Gasteiger partial charge in [0.2, 0.25) is 0 Å². The molecule has 0 heterocycles. The molecule has 0 aromatic heterocycles. The molecule has 0 saturated carbocycles. The van der Waals surface area contributed by atoms with Gasteiger partial charge in [-0.2, -0.15) is 0 Å². The number of benzene rings is 2. The van der Waals surface area contributed by atoms with Gasteiger partial charge in [0.05, 0.1) is 0 Å². The van der Waals surface area contributed by atoms with Gasteiger partial charge in [0, 0.05) is 29.2 Å². The van der Waals surface area contributed by atoms with Gasteiger partial charge in [-0.05, 0) is 29.8 Å². The zero-order chi connectivity index (χ0) is 13.7. The van der Waals surface area contributed by atoms with Gasteiger partial charge < -0.3 is 11.1 Å². The Bertz CT molecular complexity index is 496. The number of anilines is 1. The molecule has 2 atom stereocenters. The second kappa shape index (κ2) is 6.60. The van der Waals surface area contributed by atoms with E-state index in [1.54, 1.807) is 0 Å². The molecule has 0 aliphatic heterocycles. The SMILES string of the molecule is CC(c1ccccc1)C(CN)Nc1ccc(Cl)cc1. The van der Waals surface area contributed by atoms with Crippen molar-refractivity contribution in [3.63, 3.8) is 0 Å². The van der Waals surface area contributed by atoms with Crippen LogP contribution in [0.25, 0.3) is 0 Å². The lowest BCUT2D eigenvalue weighted by molar-refractivity contribution is 0.611. The Morgan fingerprint density at radius 1 is 1.05 bits per heavy atom. The Balaban J connectivity index is 2.10. The van der Waals surface area contributed by atoms with Gasteiger partial charge in [0.1, 0.15) is 0 Å². The van der Waals surface area contributed by atoms with E-state index in [1.807, 2.05) is 30.3 Å². The number of rotatable bonds is 5. The lowest BCUT2D eigenvalue weighted by Crippen LogP contribution is -2.33. The Morgan fingerprint density at radius 2 is 1.68 bits per heavy atom. The van der Waals surface area contributed by atoms with Gasteiger partial charge in [-0.25, -0.2) is 0 Å². The molecule has 19 heavy (non-hydrogen) atoms. The van der Waals surface area contributed by atoms with E-state index in [0.29, 0.717) is 12.5 Å². The van der Waals surface area contributed by atoms with Gasteiger partial charge >= 0.3 is 0 Å². The number of hydrogen-bond donors (Lipinski definition) is 2. The van der Waals surface area contributed by atoms with Gasteiger partial charge in [-0.3, -0.25) is 0 Å². The Morgan fingerprint density at radius 3 is 2.26 bits per heavy atom. The van der Waals surface area contributed by atoms with Crippen molar-refractivity contribution in [2.75, 3.05) is 11.9 Å². The molecule has 0 aliphatic carbocycles. The first-order valence-corrected chi connectivity index (χ1v) is 6.85. The average molecular weight is 275 g/mol. The van der Waals surface area contributed by atoms with E-state index in [0.717, 1.165) is 10.7 Å². The molecule has 0 bridgehead atoms. The molecule has 2 rings (SSSR count). The van der Waals surface area contributed by atoms with E-state index in [9.17, 15) is 0 Å². The van der Waals surface area contributed by atoms with Crippen LogP contribution < -0.4 is 11.1 Å². The fraction of sp³-hybridized carbons (Fsp3) is 0.250. The molecule has 0 fully saturated rings. The number of nitrogens with one attached hydrogen (secondary N) is 1.